The molecule has 0 aliphatic heterocycles. The molecular weight excluding hydrogens is 434 g/mol. The molecule has 7 heteroatoms. The van der Waals surface area contributed by atoms with Gasteiger partial charge in [0.2, 0.25) is 0 Å². The lowest BCUT2D eigenvalue weighted by molar-refractivity contribution is 0.102. The number of nitrogens with zero attached hydrogens (tertiary/aromatic N) is 4. The highest BCUT2D eigenvalue weighted by atomic mass is 35.5. The largest absolute Gasteiger partial charge is 0.319 e. The van der Waals surface area contributed by atoms with Gasteiger partial charge in [0.1, 0.15) is 0 Å². The number of benzene rings is 2. The highest BCUT2D eigenvalue weighted by molar-refractivity contribution is 6.31. The SMILES string of the molecule is Cc1cccc(Cn2nc(C)c(NC(=O)c3cccc(Cn4nc(C)c(Cl)c4C)c3)c2C)c1. The Morgan fingerprint density at radius 1 is 0.848 bits per heavy atom. The summed E-state index contributed by atoms with van der Waals surface area (Å²) in [6.45, 7) is 11.0. The molecular formula is C26H28ClN5O. The number of halogens is 1. The maximum Gasteiger partial charge on any atom is 0.255 e. The number of nitrogens with one attached hydrogen (secondary N) is 1. The number of carbonyl (C=O) groups excluding carboxylic acids is 1. The van der Waals surface area contributed by atoms with Crippen LogP contribution in [0.1, 0.15) is 49.8 Å². The topological polar surface area (TPSA) is 64.7 Å². The summed E-state index contributed by atoms with van der Waals surface area (Å²) >= 11 is 6.27. The summed E-state index contributed by atoms with van der Waals surface area (Å²) in [6.07, 6.45) is 0. The Morgan fingerprint density at radius 2 is 1.45 bits per heavy atom. The molecule has 1 N–H and O–H groups in total. The summed E-state index contributed by atoms with van der Waals surface area (Å²) in [6, 6.07) is 15.9. The summed E-state index contributed by atoms with van der Waals surface area (Å²) in [4.78, 5) is 13.1. The summed E-state index contributed by atoms with van der Waals surface area (Å²) in [5, 5.41) is 12.9. The van der Waals surface area contributed by atoms with Crippen LogP contribution in [-0.4, -0.2) is 25.5 Å². The molecule has 1 amide bonds. The molecule has 0 saturated carbocycles. The van der Waals surface area contributed by atoms with Crippen molar-refractivity contribution in [3.8, 4) is 0 Å². The van der Waals surface area contributed by atoms with E-state index in [9.17, 15) is 4.79 Å². The van der Waals surface area contributed by atoms with Crippen molar-refractivity contribution in [2.75, 3.05) is 5.32 Å². The van der Waals surface area contributed by atoms with Crippen molar-refractivity contribution in [1.82, 2.24) is 19.6 Å². The van der Waals surface area contributed by atoms with E-state index in [0.29, 0.717) is 23.7 Å². The molecule has 0 bridgehead atoms. The minimum atomic E-state index is -0.162. The van der Waals surface area contributed by atoms with Crippen molar-refractivity contribution < 1.29 is 4.79 Å². The fourth-order valence-corrected chi connectivity index (χ4v) is 4.15. The van der Waals surface area contributed by atoms with Gasteiger partial charge in [0.15, 0.2) is 0 Å². The number of hydrogen-bond acceptors (Lipinski definition) is 3. The third-order valence-corrected chi connectivity index (χ3v) is 6.40. The first-order valence-electron chi connectivity index (χ1n) is 10.9. The second-order valence-electron chi connectivity index (χ2n) is 8.49. The van der Waals surface area contributed by atoms with Gasteiger partial charge >= 0.3 is 0 Å². The van der Waals surface area contributed by atoms with Crippen LogP contribution in [0.25, 0.3) is 0 Å². The Hall–Kier alpha value is -3.38. The smallest absolute Gasteiger partial charge is 0.255 e. The first-order chi connectivity index (χ1) is 15.7. The fraction of sp³-hybridized carbons (Fsp3) is 0.269. The number of aryl methyl sites for hydroxylation is 3. The number of anilines is 1. The Morgan fingerprint density at radius 3 is 2.09 bits per heavy atom. The Balaban J connectivity index is 1.52. The van der Waals surface area contributed by atoms with Crippen molar-refractivity contribution in [1.29, 1.82) is 0 Å². The zero-order valence-electron chi connectivity index (χ0n) is 19.6. The van der Waals surface area contributed by atoms with Gasteiger partial charge in [-0.2, -0.15) is 10.2 Å². The van der Waals surface area contributed by atoms with E-state index in [2.05, 4.69) is 40.6 Å². The zero-order chi connectivity index (χ0) is 23.7. The van der Waals surface area contributed by atoms with Crippen LogP contribution in [0.15, 0.2) is 48.5 Å². The van der Waals surface area contributed by atoms with Gasteiger partial charge in [0.05, 0.1) is 46.6 Å². The Kier molecular flexibility index (Phi) is 6.38. The molecule has 4 rings (SSSR count). The van der Waals surface area contributed by atoms with Crippen LogP contribution in [0, 0.1) is 34.6 Å². The van der Waals surface area contributed by atoms with Crippen molar-refractivity contribution in [3.63, 3.8) is 0 Å². The van der Waals surface area contributed by atoms with Gasteiger partial charge in [-0.05, 0) is 57.9 Å². The van der Waals surface area contributed by atoms with Crippen molar-refractivity contribution >= 4 is 23.2 Å². The van der Waals surface area contributed by atoms with Gasteiger partial charge in [-0.15, -0.1) is 0 Å². The van der Waals surface area contributed by atoms with Crippen LogP contribution < -0.4 is 5.32 Å². The second-order valence-corrected chi connectivity index (χ2v) is 8.87. The highest BCUT2D eigenvalue weighted by Crippen LogP contribution is 2.23. The minimum absolute atomic E-state index is 0.162. The normalized spacial score (nSPS) is 11.1. The lowest BCUT2D eigenvalue weighted by atomic mass is 10.1. The Labute approximate surface area is 199 Å². The molecule has 2 aromatic heterocycles. The third kappa shape index (κ3) is 4.86. The van der Waals surface area contributed by atoms with Gasteiger partial charge in [-0.25, -0.2) is 0 Å². The number of hydrogen-bond donors (Lipinski definition) is 1. The molecule has 33 heavy (non-hydrogen) atoms. The van der Waals surface area contributed by atoms with E-state index in [0.717, 1.165) is 34.0 Å². The number of rotatable bonds is 6. The highest BCUT2D eigenvalue weighted by Gasteiger charge is 2.16. The van der Waals surface area contributed by atoms with Gasteiger partial charge in [-0.3, -0.25) is 14.2 Å². The molecule has 4 aromatic rings. The lowest BCUT2D eigenvalue weighted by Crippen LogP contribution is -2.14. The van der Waals surface area contributed by atoms with E-state index in [1.165, 1.54) is 11.1 Å². The van der Waals surface area contributed by atoms with Gasteiger partial charge < -0.3 is 5.32 Å². The molecule has 0 aliphatic rings. The summed E-state index contributed by atoms with van der Waals surface area (Å²) in [5.74, 6) is -0.162. The first-order valence-corrected chi connectivity index (χ1v) is 11.3. The maximum atomic E-state index is 13.1. The van der Waals surface area contributed by atoms with Gasteiger partial charge in [-0.1, -0.05) is 53.6 Å². The van der Waals surface area contributed by atoms with Crippen molar-refractivity contribution in [2.45, 2.75) is 47.7 Å². The monoisotopic (exact) mass is 461 g/mol. The van der Waals surface area contributed by atoms with Crippen LogP contribution in [0.2, 0.25) is 5.02 Å². The van der Waals surface area contributed by atoms with E-state index in [1.807, 2.05) is 67.4 Å². The summed E-state index contributed by atoms with van der Waals surface area (Å²) in [7, 11) is 0. The predicted molar refractivity (Wildman–Crippen MR) is 132 cm³/mol. The molecule has 170 valence electrons. The molecule has 0 unspecified atom stereocenters. The fourth-order valence-electron chi connectivity index (χ4n) is 4.01. The molecule has 0 fully saturated rings. The molecule has 0 saturated heterocycles. The van der Waals surface area contributed by atoms with Crippen LogP contribution in [0.4, 0.5) is 5.69 Å². The minimum Gasteiger partial charge on any atom is -0.319 e. The molecule has 0 radical (unpaired) electrons. The maximum absolute atomic E-state index is 13.1. The van der Waals surface area contributed by atoms with E-state index < -0.39 is 0 Å². The zero-order valence-corrected chi connectivity index (χ0v) is 20.4. The van der Waals surface area contributed by atoms with E-state index >= 15 is 0 Å². The third-order valence-electron chi connectivity index (χ3n) is 5.85. The average molecular weight is 462 g/mol. The van der Waals surface area contributed by atoms with E-state index in [4.69, 9.17) is 11.6 Å². The number of aromatic nitrogens is 4. The molecule has 2 heterocycles. The van der Waals surface area contributed by atoms with Crippen LogP contribution in [-0.2, 0) is 13.1 Å². The summed E-state index contributed by atoms with van der Waals surface area (Å²) in [5.41, 5.74) is 8.15. The quantitative estimate of drug-likeness (QED) is 0.405. The molecule has 2 aromatic carbocycles. The predicted octanol–water partition coefficient (Wildman–Crippen LogP) is 5.62. The van der Waals surface area contributed by atoms with E-state index in [1.54, 1.807) is 0 Å². The number of amides is 1. The standard InChI is InChI=1S/C26H28ClN5O/c1-16-8-6-9-21(12-16)14-32-20(5)25(18(3)30-32)28-26(33)23-11-7-10-22(13-23)15-31-19(4)24(27)17(2)29-31/h6-13H,14-15H2,1-5H3,(H,28,33). The van der Waals surface area contributed by atoms with Gasteiger partial charge in [0.25, 0.3) is 5.91 Å². The second kappa shape index (κ2) is 9.24. The van der Waals surface area contributed by atoms with Crippen LogP contribution >= 0.6 is 11.6 Å². The van der Waals surface area contributed by atoms with Crippen molar-refractivity contribution in [3.05, 3.63) is 98.6 Å². The van der Waals surface area contributed by atoms with Crippen LogP contribution in [0.5, 0.6) is 0 Å². The average Bonchev–Trinajstić information content (AvgIpc) is 3.18. The van der Waals surface area contributed by atoms with Gasteiger partial charge in [0, 0.05) is 5.56 Å². The first kappa shape index (κ1) is 22.8. The lowest BCUT2D eigenvalue weighted by Gasteiger charge is -2.10. The summed E-state index contributed by atoms with van der Waals surface area (Å²) < 4.78 is 3.79. The molecule has 0 spiro atoms. The molecule has 0 aliphatic carbocycles. The van der Waals surface area contributed by atoms with Crippen molar-refractivity contribution in [2.24, 2.45) is 0 Å². The molecule has 0 atom stereocenters. The van der Waals surface area contributed by atoms with E-state index in [-0.39, 0.29) is 5.91 Å². The van der Waals surface area contributed by atoms with Crippen LogP contribution in [0.3, 0.4) is 0 Å². The number of carbonyl (C=O) groups is 1. The molecule has 6 nitrogen and oxygen atoms in total. The Bertz CT molecular complexity index is 1330.